The Hall–Kier alpha value is -2.68. The van der Waals surface area contributed by atoms with Crippen molar-refractivity contribution in [1.29, 1.82) is 0 Å². The largest absolute Gasteiger partial charge is 0.396 e. The maximum absolute atomic E-state index is 13.4. The molecule has 1 saturated carbocycles. The van der Waals surface area contributed by atoms with E-state index in [-0.39, 0.29) is 18.6 Å². The standard InChI is InChI=1S/C19H24BFN6O/c21-20-16-10-24-19-18(23-9-13-4-3-7-22-8-13)26-17(11-27(16)19)25-15-6-2-1-5-14(15)12-28/h3-4,7-8,10-11,14-15,20,25,28H,1-2,5-6,9,12H2,(H,23,26). The first-order chi connectivity index (χ1) is 13.8. The lowest BCUT2D eigenvalue weighted by Crippen LogP contribution is -2.35. The van der Waals surface area contributed by atoms with E-state index in [9.17, 15) is 9.42 Å². The molecule has 4 rings (SSSR count). The predicted molar refractivity (Wildman–Crippen MR) is 109 cm³/mol. The molecule has 28 heavy (non-hydrogen) atoms. The first kappa shape index (κ1) is 18.7. The highest BCUT2D eigenvalue weighted by atomic mass is 19.1. The number of imidazole rings is 1. The Morgan fingerprint density at radius 2 is 2.18 bits per heavy atom. The number of halogens is 1. The fourth-order valence-corrected chi connectivity index (χ4v) is 3.82. The molecule has 3 aromatic rings. The average molecular weight is 382 g/mol. The third-order valence-corrected chi connectivity index (χ3v) is 5.37. The molecule has 3 heterocycles. The molecule has 2 unspecified atom stereocenters. The number of nitrogens with one attached hydrogen (secondary N) is 2. The van der Waals surface area contributed by atoms with Crippen LogP contribution in [0.15, 0.2) is 36.9 Å². The monoisotopic (exact) mass is 382 g/mol. The Bertz CT molecular complexity index is 921. The third-order valence-electron chi connectivity index (χ3n) is 5.37. The Morgan fingerprint density at radius 3 is 2.96 bits per heavy atom. The number of hydrogen-bond donors (Lipinski definition) is 3. The van der Waals surface area contributed by atoms with E-state index < -0.39 is 7.56 Å². The Labute approximate surface area is 163 Å². The van der Waals surface area contributed by atoms with Gasteiger partial charge >= 0.3 is 7.56 Å². The maximum Gasteiger partial charge on any atom is 0.382 e. The van der Waals surface area contributed by atoms with Gasteiger partial charge in [0.05, 0.1) is 6.20 Å². The van der Waals surface area contributed by atoms with Crippen molar-refractivity contribution in [3.8, 4) is 0 Å². The van der Waals surface area contributed by atoms with Crippen LogP contribution in [0.2, 0.25) is 0 Å². The number of fused-ring (bicyclic) bond motifs is 1. The summed E-state index contributed by atoms with van der Waals surface area (Å²) in [6.07, 6.45) is 11.1. The van der Waals surface area contributed by atoms with Crippen LogP contribution >= 0.6 is 0 Å². The predicted octanol–water partition coefficient (Wildman–Crippen LogP) is 1.65. The zero-order valence-electron chi connectivity index (χ0n) is 15.7. The number of anilines is 2. The fourth-order valence-electron chi connectivity index (χ4n) is 3.82. The van der Waals surface area contributed by atoms with Crippen LogP contribution in [0, 0.1) is 5.92 Å². The maximum atomic E-state index is 13.4. The number of rotatable bonds is 7. The lowest BCUT2D eigenvalue weighted by molar-refractivity contribution is 0.178. The van der Waals surface area contributed by atoms with E-state index in [1.807, 2.05) is 12.1 Å². The molecule has 0 amide bonds. The van der Waals surface area contributed by atoms with Crippen LogP contribution in [0.4, 0.5) is 16.0 Å². The summed E-state index contributed by atoms with van der Waals surface area (Å²) in [6.45, 7) is 0.702. The Balaban J connectivity index is 1.62. The highest BCUT2D eigenvalue weighted by molar-refractivity contribution is 6.45. The van der Waals surface area contributed by atoms with Crippen LogP contribution < -0.4 is 16.2 Å². The van der Waals surface area contributed by atoms with Gasteiger partial charge in [-0.25, -0.2) is 9.97 Å². The summed E-state index contributed by atoms with van der Waals surface area (Å²) < 4.78 is 15.1. The summed E-state index contributed by atoms with van der Waals surface area (Å²) in [6, 6.07) is 4.02. The third kappa shape index (κ3) is 3.94. The molecule has 0 aromatic carbocycles. The van der Waals surface area contributed by atoms with Gasteiger partial charge in [0.15, 0.2) is 11.5 Å². The van der Waals surface area contributed by atoms with Crippen LogP contribution in [0.25, 0.3) is 5.65 Å². The second-order valence-electron chi connectivity index (χ2n) is 7.24. The van der Waals surface area contributed by atoms with Gasteiger partial charge in [-0.15, -0.1) is 0 Å². The molecule has 1 aliphatic rings. The molecule has 7 nitrogen and oxygen atoms in total. The Morgan fingerprint density at radius 1 is 1.29 bits per heavy atom. The highest BCUT2D eigenvalue weighted by Crippen LogP contribution is 2.27. The minimum absolute atomic E-state index is 0.159. The van der Waals surface area contributed by atoms with Crippen molar-refractivity contribution in [2.24, 2.45) is 5.92 Å². The average Bonchev–Trinajstić information content (AvgIpc) is 3.16. The molecule has 0 saturated heterocycles. The molecule has 9 heteroatoms. The van der Waals surface area contributed by atoms with E-state index >= 15 is 0 Å². The van der Waals surface area contributed by atoms with Gasteiger partial charge in [-0.3, -0.25) is 4.98 Å². The molecule has 1 fully saturated rings. The fraction of sp³-hybridized carbons (Fsp3) is 0.421. The van der Waals surface area contributed by atoms with Crippen molar-refractivity contribution in [2.45, 2.75) is 38.3 Å². The van der Waals surface area contributed by atoms with E-state index in [2.05, 4.69) is 20.6 Å². The molecule has 2 atom stereocenters. The normalized spacial score (nSPS) is 19.5. The molecule has 3 aromatic heterocycles. The van der Waals surface area contributed by atoms with Crippen LogP contribution in [-0.4, -0.2) is 44.7 Å². The summed E-state index contributed by atoms with van der Waals surface area (Å²) in [5, 5.41) is 16.4. The molecule has 0 radical (unpaired) electrons. The summed E-state index contributed by atoms with van der Waals surface area (Å²) >= 11 is 0. The first-order valence-electron chi connectivity index (χ1n) is 9.71. The lowest BCUT2D eigenvalue weighted by Gasteiger charge is -2.31. The van der Waals surface area contributed by atoms with Crippen LogP contribution in [-0.2, 0) is 6.54 Å². The molecule has 0 bridgehead atoms. The number of pyridine rings is 1. The molecule has 0 aliphatic heterocycles. The minimum Gasteiger partial charge on any atom is -0.396 e. The number of nitrogens with zero attached hydrogens (tertiary/aromatic N) is 4. The number of aromatic nitrogens is 4. The Kier molecular flexibility index (Phi) is 5.71. The summed E-state index contributed by atoms with van der Waals surface area (Å²) in [7, 11) is -0.602. The van der Waals surface area contributed by atoms with E-state index in [0.717, 1.165) is 31.2 Å². The minimum atomic E-state index is -0.602. The van der Waals surface area contributed by atoms with E-state index in [1.165, 1.54) is 6.20 Å². The van der Waals surface area contributed by atoms with Crippen molar-refractivity contribution in [3.63, 3.8) is 0 Å². The number of hydrogen-bond acceptors (Lipinski definition) is 6. The van der Waals surface area contributed by atoms with Gasteiger partial charge in [0.25, 0.3) is 0 Å². The molecule has 0 spiro atoms. The van der Waals surface area contributed by atoms with Gasteiger partial charge in [-0.1, -0.05) is 18.9 Å². The molecular weight excluding hydrogens is 358 g/mol. The van der Waals surface area contributed by atoms with Gasteiger partial charge in [-0.2, -0.15) is 0 Å². The van der Waals surface area contributed by atoms with Gasteiger partial charge in [-0.05, 0) is 24.5 Å². The number of aliphatic hydroxyl groups excluding tert-OH is 1. The molecule has 3 N–H and O–H groups in total. The molecule has 146 valence electrons. The van der Waals surface area contributed by atoms with Crippen LogP contribution in [0.5, 0.6) is 0 Å². The summed E-state index contributed by atoms with van der Waals surface area (Å²) in [5.74, 6) is 1.45. The van der Waals surface area contributed by atoms with Gasteiger partial charge in [0.1, 0.15) is 5.82 Å². The topological polar surface area (TPSA) is 87.4 Å². The number of aliphatic hydroxyl groups is 1. The smallest absolute Gasteiger partial charge is 0.382 e. The van der Waals surface area contributed by atoms with Crippen molar-refractivity contribution < 1.29 is 9.42 Å². The summed E-state index contributed by atoms with van der Waals surface area (Å²) in [4.78, 5) is 13.2. The van der Waals surface area contributed by atoms with Crippen molar-refractivity contribution >= 4 is 30.4 Å². The van der Waals surface area contributed by atoms with Gasteiger partial charge < -0.3 is 24.5 Å². The van der Waals surface area contributed by atoms with E-state index in [0.29, 0.717) is 29.4 Å². The van der Waals surface area contributed by atoms with Gasteiger partial charge in [0, 0.05) is 49.3 Å². The molecule has 1 aliphatic carbocycles. The van der Waals surface area contributed by atoms with Crippen molar-refractivity contribution in [1.82, 2.24) is 19.4 Å². The zero-order valence-corrected chi connectivity index (χ0v) is 15.7. The highest BCUT2D eigenvalue weighted by Gasteiger charge is 2.25. The quantitative estimate of drug-likeness (QED) is 0.539. The SMILES string of the molecule is OCC1CCCCC1Nc1cn2c(BF)cnc2c(NCc2cccnc2)n1. The van der Waals surface area contributed by atoms with Crippen molar-refractivity contribution in [2.75, 3.05) is 17.2 Å². The van der Waals surface area contributed by atoms with Crippen LogP contribution in [0.3, 0.4) is 0 Å². The zero-order chi connectivity index (χ0) is 19.3. The molecular formula is C19H24BFN6O. The van der Waals surface area contributed by atoms with Gasteiger partial charge in [0.2, 0.25) is 0 Å². The first-order valence-corrected chi connectivity index (χ1v) is 9.71. The summed E-state index contributed by atoms with van der Waals surface area (Å²) in [5.41, 5.74) is 2.09. The van der Waals surface area contributed by atoms with E-state index in [4.69, 9.17) is 4.98 Å². The van der Waals surface area contributed by atoms with E-state index in [1.54, 1.807) is 23.0 Å². The second kappa shape index (κ2) is 8.56. The van der Waals surface area contributed by atoms with Crippen LogP contribution in [0.1, 0.15) is 31.2 Å². The second-order valence-corrected chi connectivity index (χ2v) is 7.24. The van der Waals surface area contributed by atoms with Crippen molar-refractivity contribution in [3.05, 3.63) is 42.5 Å². The lowest BCUT2D eigenvalue weighted by atomic mass is 9.85.